The Morgan fingerprint density at radius 3 is 1.95 bits per heavy atom. The summed E-state index contributed by atoms with van der Waals surface area (Å²) in [6, 6.07) is 16.9. The van der Waals surface area contributed by atoms with Gasteiger partial charge in [0, 0.05) is 6.54 Å². The molecular weight excluding hydrogens is 234 g/mol. The molecule has 0 saturated carbocycles. The number of rotatable bonds is 6. The van der Waals surface area contributed by atoms with Crippen LogP contribution >= 0.6 is 0 Å². The molecular formula is C17H21NO. The lowest BCUT2D eigenvalue weighted by atomic mass is 10.0. The summed E-state index contributed by atoms with van der Waals surface area (Å²) in [7, 11) is 0. The molecule has 0 unspecified atom stereocenters. The summed E-state index contributed by atoms with van der Waals surface area (Å²) in [6.07, 6.45) is 0. The van der Waals surface area contributed by atoms with E-state index >= 15 is 0 Å². The number of nitrogens with one attached hydrogen (secondary N) is 1. The lowest BCUT2D eigenvalue weighted by Crippen LogP contribution is -2.11. The van der Waals surface area contributed by atoms with Crippen molar-refractivity contribution in [2.24, 2.45) is 0 Å². The van der Waals surface area contributed by atoms with Gasteiger partial charge in [-0.3, -0.25) is 0 Å². The van der Waals surface area contributed by atoms with Crippen LogP contribution in [0.3, 0.4) is 0 Å². The van der Waals surface area contributed by atoms with Crippen molar-refractivity contribution in [1.82, 2.24) is 5.32 Å². The average molecular weight is 255 g/mol. The SMILES string of the molecule is CCNCc1ccc(-c2ccc(OCC)cc2)cc1. The second-order valence-corrected chi connectivity index (χ2v) is 4.43. The fraction of sp³-hybridized carbons (Fsp3) is 0.294. The first-order valence-electron chi connectivity index (χ1n) is 6.86. The predicted octanol–water partition coefficient (Wildman–Crippen LogP) is 3.86. The van der Waals surface area contributed by atoms with Gasteiger partial charge in [-0.05, 0) is 42.3 Å². The molecule has 0 heterocycles. The molecule has 0 atom stereocenters. The molecule has 0 aliphatic carbocycles. The molecule has 0 aliphatic heterocycles. The maximum absolute atomic E-state index is 5.45. The molecule has 0 amide bonds. The van der Waals surface area contributed by atoms with Crippen molar-refractivity contribution in [1.29, 1.82) is 0 Å². The molecule has 0 bridgehead atoms. The number of ether oxygens (including phenoxy) is 1. The highest BCUT2D eigenvalue weighted by atomic mass is 16.5. The molecule has 0 aromatic heterocycles. The van der Waals surface area contributed by atoms with E-state index in [4.69, 9.17) is 4.74 Å². The third-order valence-corrected chi connectivity index (χ3v) is 3.03. The quantitative estimate of drug-likeness (QED) is 0.846. The van der Waals surface area contributed by atoms with Gasteiger partial charge in [-0.1, -0.05) is 43.3 Å². The van der Waals surface area contributed by atoms with Crippen molar-refractivity contribution in [3.05, 3.63) is 54.1 Å². The van der Waals surface area contributed by atoms with Crippen molar-refractivity contribution in [3.8, 4) is 16.9 Å². The van der Waals surface area contributed by atoms with Crippen molar-refractivity contribution in [2.75, 3.05) is 13.2 Å². The van der Waals surface area contributed by atoms with E-state index in [1.54, 1.807) is 0 Å². The summed E-state index contributed by atoms with van der Waals surface area (Å²) >= 11 is 0. The monoisotopic (exact) mass is 255 g/mol. The van der Waals surface area contributed by atoms with Gasteiger partial charge < -0.3 is 10.1 Å². The lowest BCUT2D eigenvalue weighted by Gasteiger charge is -2.07. The summed E-state index contributed by atoms with van der Waals surface area (Å²) < 4.78 is 5.45. The van der Waals surface area contributed by atoms with Crippen molar-refractivity contribution >= 4 is 0 Å². The largest absolute Gasteiger partial charge is 0.494 e. The zero-order valence-electron chi connectivity index (χ0n) is 11.6. The van der Waals surface area contributed by atoms with E-state index in [0.717, 1.165) is 18.8 Å². The molecule has 2 nitrogen and oxygen atoms in total. The highest BCUT2D eigenvalue weighted by Crippen LogP contribution is 2.22. The van der Waals surface area contributed by atoms with Gasteiger partial charge in [0.2, 0.25) is 0 Å². The Bertz CT molecular complexity index is 488. The van der Waals surface area contributed by atoms with Crippen molar-refractivity contribution < 1.29 is 4.74 Å². The Balaban J connectivity index is 2.08. The van der Waals surface area contributed by atoms with Gasteiger partial charge in [0.1, 0.15) is 5.75 Å². The minimum Gasteiger partial charge on any atom is -0.494 e. The number of benzene rings is 2. The van der Waals surface area contributed by atoms with Crippen molar-refractivity contribution in [2.45, 2.75) is 20.4 Å². The Morgan fingerprint density at radius 2 is 1.42 bits per heavy atom. The maximum Gasteiger partial charge on any atom is 0.119 e. The summed E-state index contributed by atoms with van der Waals surface area (Å²) in [5, 5.41) is 3.33. The zero-order chi connectivity index (χ0) is 13.5. The van der Waals surface area contributed by atoms with E-state index in [-0.39, 0.29) is 0 Å². The van der Waals surface area contributed by atoms with Gasteiger partial charge in [0.05, 0.1) is 6.61 Å². The normalized spacial score (nSPS) is 10.4. The Labute approximate surface area is 115 Å². The van der Waals surface area contributed by atoms with Crippen LogP contribution in [-0.4, -0.2) is 13.2 Å². The third kappa shape index (κ3) is 3.83. The minimum absolute atomic E-state index is 0.707. The van der Waals surface area contributed by atoms with Crippen molar-refractivity contribution in [3.63, 3.8) is 0 Å². The molecule has 0 fully saturated rings. The highest BCUT2D eigenvalue weighted by Gasteiger charge is 1.99. The first-order valence-corrected chi connectivity index (χ1v) is 6.86. The van der Waals surface area contributed by atoms with Crippen LogP contribution < -0.4 is 10.1 Å². The molecule has 2 rings (SSSR count). The van der Waals surface area contributed by atoms with E-state index in [0.29, 0.717) is 6.61 Å². The van der Waals surface area contributed by atoms with Gasteiger partial charge >= 0.3 is 0 Å². The fourth-order valence-corrected chi connectivity index (χ4v) is 1.99. The van der Waals surface area contributed by atoms with Crippen LogP contribution in [0.4, 0.5) is 0 Å². The maximum atomic E-state index is 5.45. The fourth-order valence-electron chi connectivity index (χ4n) is 1.99. The first kappa shape index (κ1) is 13.6. The first-order chi connectivity index (χ1) is 9.33. The summed E-state index contributed by atoms with van der Waals surface area (Å²) in [5.41, 5.74) is 3.78. The average Bonchev–Trinajstić information content (AvgIpc) is 2.47. The lowest BCUT2D eigenvalue weighted by molar-refractivity contribution is 0.340. The molecule has 2 aromatic carbocycles. The van der Waals surface area contributed by atoms with Gasteiger partial charge in [0.25, 0.3) is 0 Å². The van der Waals surface area contributed by atoms with Gasteiger partial charge in [-0.2, -0.15) is 0 Å². The molecule has 19 heavy (non-hydrogen) atoms. The Morgan fingerprint density at radius 1 is 0.842 bits per heavy atom. The molecule has 0 saturated heterocycles. The highest BCUT2D eigenvalue weighted by molar-refractivity contribution is 5.64. The standard InChI is InChI=1S/C17H21NO/c1-3-18-13-14-5-7-15(8-6-14)16-9-11-17(12-10-16)19-4-2/h5-12,18H,3-4,13H2,1-2H3. The molecule has 0 aliphatic rings. The summed E-state index contributed by atoms with van der Waals surface area (Å²) in [6.45, 7) is 6.75. The second-order valence-electron chi connectivity index (χ2n) is 4.43. The van der Waals surface area contributed by atoms with Crippen LogP contribution in [-0.2, 0) is 6.54 Å². The van der Waals surface area contributed by atoms with E-state index in [1.807, 2.05) is 19.1 Å². The molecule has 100 valence electrons. The van der Waals surface area contributed by atoms with Crippen LogP contribution in [0.1, 0.15) is 19.4 Å². The Kier molecular flexibility index (Phi) is 4.99. The molecule has 0 spiro atoms. The van der Waals surface area contributed by atoms with Crippen LogP contribution in [0, 0.1) is 0 Å². The third-order valence-electron chi connectivity index (χ3n) is 3.03. The van der Waals surface area contributed by atoms with Gasteiger partial charge in [0.15, 0.2) is 0 Å². The smallest absolute Gasteiger partial charge is 0.119 e. The predicted molar refractivity (Wildman–Crippen MR) is 80.4 cm³/mol. The molecule has 2 aromatic rings. The van der Waals surface area contributed by atoms with E-state index in [1.165, 1.54) is 16.7 Å². The number of hydrogen-bond donors (Lipinski definition) is 1. The topological polar surface area (TPSA) is 21.3 Å². The van der Waals surface area contributed by atoms with E-state index in [9.17, 15) is 0 Å². The molecule has 2 heteroatoms. The molecule has 0 radical (unpaired) electrons. The van der Waals surface area contributed by atoms with Gasteiger partial charge in [-0.15, -0.1) is 0 Å². The summed E-state index contributed by atoms with van der Waals surface area (Å²) in [5.74, 6) is 0.926. The number of hydrogen-bond acceptors (Lipinski definition) is 2. The van der Waals surface area contributed by atoms with E-state index in [2.05, 4.69) is 48.6 Å². The van der Waals surface area contributed by atoms with Crippen LogP contribution in [0.2, 0.25) is 0 Å². The molecule has 1 N–H and O–H groups in total. The zero-order valence-corrected chi connectivity index (χ0v) is 11.6. The van der Waals surface area contributed by atoms with Crippen LogP contribution in [0.15, 0.2) is 48.5 Å². The van der Waals surface area contributed by atoms with E-state index < -0.39 is 0 Å². The minimum atomic E-state index is 0.707. The van der Waals surface area contributed by atoms with Gasteiger partial charge in [-0.25, -0.2) is 0 Å². The van der Waals surface area contributed by atoms with Crippen LogP contribution in [0.5, 0.6) is 5.75 Å². The van der Waals surface area contributed by atoms with Crippen LogP contribution in [0.25, 0.3) is 11.1 Å². The second kappa shape index (κ2) is 6.95. The Hall–Kier alpha value is -1.80. The summed E-state index contributed by atoms with van der Waals surface area (Å²) in [4.78, 5) is 0.